The largest absolute Gasteiger partial charge is 0.372 e. The molecule has 5 nitrogen and oxygen atoms in total. The van der Waals surface area contributed by atoms with Crippen LogP contribution in [0.3, 0.4) is 0 Å². The summed E-state index contributed by atoms with van der Waals surface area (Å²) in [6.45, 7) is 3.51. The van der Waals surface area contributed by atoms with Crippen LogP contribution in [0.5, 0.6) is 0 Å². The number of nitrogens with zero attached hydrogens (tertiary/aromatic N) is 3. The molecule has 0 saturated carbocycles. The second kappa shape index (κ2) is 9.74. The summed E-state index contributed by atoms with van der Waals surface area (Å²) in [4.78, 5) is 15.5. The molecule has 5 heteroatoms. The first-order chi connectivity index (χ1) is 16.3. The number of benzene rings is 3. The van der Waals surface area contributed by atoms with Crippen LogP contribution in [0.4, 0.5) is 5.69 Å². The van der Waals surface area contributed by atoms with Crippen molar-refractivity contribution < 1.29 is 4.79 Å². The smallest absolute Gasteiger partial charge is 0.252 e. The molecule has 1 fully saturated rings. The van der Waals surface area contributed by atoms with Crippen molar-refractivity contribution in [2.75, 3.05) is 18.0 Å². The number of hydrogen-bond donors (Lipinski definition) is 1. The van der Waals surface area contributed by atoms with Crippen LogP contribution < -0.4 is 10.2 Å². The molecule has 33 heavy (non-hydrogen) atoms. The Morgan fingerprint density at radius 1 is 0.848 bits per heavy atom. The van der Waals surface area contributed by atoms with Gasteiger partial charge in [-0.15, -0.1) is 0 Å². The van der Waals surface area contributed by atoms with Gasteiger partial charge in [0.05, 0.1) is 6.54 Å². The number of rotatable bonds is 7. The molecule has 5 rings (SSSR count). The predicted molar refractivity (Wildman–Crippen MR) is 132 cm³/mol. The maximum Gasteiger partial charge on any atom is 0.252 e. The van der Waals surface area contributed by atoms with Crippen LogP contribution in [-0.2, 0) is 13.1 Å². The number of amides is 1. The monoisotopic (exact) mass is 436 g/mol. The molecule has 1 aliphatic rings. The Kier molecular flexibility index (Phi) is 6.20. The molecule has 1 aliphatic heterocycles. The minimum absolute atomic E-state index is 0.0603. The molecular weight excluding hydrogens is 408 g/mol. The number of carbonyl (C=O) groups is 1. The number of hydrogen-bond acceptors (Lipinski definition) is 3. The summed E-state index contributed by atoms with van der Waals surface area (Å²) in [5.41, 5.74) is 6.19. The molecule has 166 valence electrons. The summed E-state index contributed by atoms with van der Waals surface area (Å²) in [5, 5.41) is 7.35. The van der Waals surface area contributed by atoms with Crippen molar-refractivity contribution in [3.63, 3.8) is 0 Å². The van der Waals surface area contributed by atoms with E-state index in [2.05, 4.69) is 63.8 Å². The fourth-order valence-corrected chi connectivity index (χ4v) is 4.38. The minimum Gasteiger partial charge on any atom is -0.372 e. The van der Waals surface area contributed by atoms with Crippen molar-refractivity contribution >= 4 is 11.6 Å². The Hall–Kier alpha value is -3.86. The number of aromatic nitrogens is 2. The highest BCUT2D eigenvalue weighted by atomic mass is 16.1. The zero-order valence-electron chi connectivity index (χ0n) is 18.7. The van der Waals surface area contributed by atoms with Crippen molar-refractivity contribution in [2.45, 2.75) is 25.9 Å². The van der Waals surface area contributed by atoms with E-state index in [0.29, 0.717) is 12.1 Å². The van der Waals surface area contributed by atoms with Gasteiger partial charge in [-0.3, -0.25) is 9.48 Å². The molecule has 0 aliphatic carbocycles. The quantitative estimate of drug-likeness (QED) is 0.437. The molecule has 1 amide bonds. The molecule has 1 N–H and O–H groups in total. The summed E-state index contributed by atoms with van der Waals surface area (Å²) >= 11 is 0. The first-order valence-corrected chi connectivity index (χ1v) is 11.5. The standard InChI is InChI=1S/C28H28N4O/c33-28(29-20-22-10-14-25(15-11-22)31-17-3-4-18-31)27-7-2-1-6-26(27)24-12-8-23(9-13-24)21-32-19-5-16-30-32/h1-2,5-16,19H,3-4,17-18,20-21H2,(H,29,33). The third-order valence-corrected chi connectivity index (χ3v) is 6.20. The molecule has 1 aromatic heterocycles. The highest BCUT2D eigenvalue weighted by molar-refractivity contribution is 6.00. The third kappa shape index (κ3) is 4.98. The van der Waals surface area contributed by atoms with Crippen molar-refractivity contribution in [3.8, 4) is 11.1 Å². The van der Waals surface area contributed by atoms with E-state index in [1.807, 2.05) is 41.2 Å². The van der Waals surface area contributed by atoms with Gasteiger partial charge in [0.1, 0.15) is 0 Å². The number of nitrogens with one attached hydrogen (secondary N) is 1. The van der Waals surface area contributed by atoms with E-state index in [9.17, 15) is 4.79 Å². The van der Waals surface area contributed by atoms with Gasteiger partial charge in [-0.2, -0.15) is 5.10 Å². The van der Waals surface area contributed by atoms with Crippen LogP contribution in [0.25, 0.3) is 11.1 Å². The third-order valence-electron chi connectivity index (χ3n) is 6.20. The molecule has 0 unspecified atom stereocenters. The minimum atomic E-state index is -0.0603. The molecule has 1 saturated heterocycles. The Balaban J connectivity index is 1.25. The van der Waals surface area contributed by atoms with Crippen LogP contribution in [0.15, 0.2) is 91.3 Å². The van der Waals surface area contributed by atoms with Crippen LogP contribution in [0.2, 0.25) is 0 Å². The topological polar surface area (TPSA) is 50.2 Å². The van der Waals surface area contributed by atoms with Gasteiger partial charge in [-0.1, -0.05) is 54.6 Å². The van der Waals surface area contributed by atoms with Crippen molar-refractivity contribution in [3.05, 3.63) is 108 Å². The van der Waals surface area contributed by atoms with Crippen LogP contribution in [0, 0.1) is 0 Å². The average Bonchev–Trinajstić information content (AvgIpc) is 3.58. The Morgan fingerprint density at radius 3 is 2.30 bits per heavy atom. The summed E-state index contributed by atoms with van der Waals surface area (Å²) in [6, 6.07) is 26.6. The summed E-state index contributed by atoms with van der Waals surface area (Å²) in [6.07, 6.45) is 6.27. The van der Waals surface area contributed by atoms with Gasteiger partial charge in [-0.05, 0) is 59.4 Å². The van der Waals surface area contributed by atoms with Crippen LogP contribution in [0.1, 0.15) is 34.3 Å². The molecule has 4 aromatic rings. The van der Waals surface area contributed by atoms with E-state index in [0.717, 1.165) is 36.3 Å². The van der Waals surface area contributed by atoms with Gasteiger partial charge in [0.15, 0.2) is 0 Å². The van der Waals surface area contributed by atoms with Gasteiger partial charge >= 0.3 is 0 Å². The lowest BCUT2D eigenvalue weighted by atomic mass is 9.98. The Labute approximate surface area is 194 Å². The summed E-state index contributed by atoms with van der Waals surface area (Å²) < 4.78 is 1.90. The Morgan fingerprint density at radius 2 is 1.58 bits per heavy atom. The Bertz CT molecular complexity index is 1190. The van der Waals surface area contributed by atoms with Crippen molar-refractivity contribution in [2.24, 2.45) is 0 Å². The lowest BCUT2D eigenvalue weighted by Crippen LogP contribution is -2.23. The highest BCUT2D eigenvalue weighted by Crippen LogP contribution is 2.25. The lowest BCUT2D eigenvalue weighted by Gasteiger charge is -2.18. The normalized spacial score (nSPS) is 13.3. The molecule has 3 aromatic carbocycles. The molecule has 0 bridgehead atoms. The summed E-state index contributed by atoms with van der Waals surface area (Å²) in [5.74, 6) is -0.0603. The second-order valence-electron chi connectivity index (χ2n) is 8.49. The van der Waals surface area contributed by atoms with Gasteiger partial charge in [-0.25, -0.2) is 0 Å². The number of carbonyl (C=O) groups excluding carboxylic acids is 1. The fraction of sp³-hybridized carbons (Fsp3) is 0.214. The molecular formula is C28H28N4O. The van der Waals surface area contributed by atoms with Crippen molar-refractivity contribution in [1.29, 1.82) is 0 Å². The van der Waals surface area contributed by atoms with Gasteiger partial charge in [0.25, 0.3) is 5.91 Å². The highest BCUT2D eigenvalue weighted by Gasteiger charge is 2.14. The zero-order valence-corrected chi connectivity index (χ0v) is 18.7. The molecule has 0 atom stereocenters. The average molecular weight is 437 g/mol. The van der Waals surface area contributed by atoms with Crippen LogP contribution >= 0.6 is 0 Å². The van der Waals surface area contributed by atoms with Gasteiger partial charge < -0.3 is 10.2 Å². The van der Waals surface area contributed by atoms with Crippen LogP contribution in [-0.4, -0.2) is 28.8 Å². The van der Waals surface area contributed by atoms with E-state index in [4.69, 9.17) is 0 Å². The first kappa shape index (κ1) is 21.0. The van der Waals surface area contributed by atoms with E-state index < -0.39 is 0 Å². The molecule has 0 spiro atoms. The van der Waals surface area contributed by atoms with Crippen molar-refractivity contribution in [1.82, 2.24) is 15.1 Å². The first-order valence-electron chi connectivity index (χ1n) is 11.5. The maximum absolute atomic E-state index is 13.0. The predicted octanol–water partition coefficient (Wildman–Crippen LogP) is 5.13. The van der Waals surface area contributed by atoms with E-state index >= 15 is 0 Å². The summed E-state index contributed by atoms with van der Waals surface area (Å²) in [7, 11) is 0. The molecule has 2 heterocycles. The van der Waals surface area contributed by atoms with E-state index in [-0.39, 0.29) is 5.91 Å². The fourth-order valence-electron chi connectivity index (χ4n) is 4.38. The molecule has 0 radical (unpaired) electrons. The van der Waals surface area contributed by atoms with Gasteiger partial charge in [0.2, 0.25) is 0 Å². The lowest BCUT2D eigenvalue weighted by molar-refractivity contribution is 0.0951. The SMILES string of the molecule is O=C(NCc1ccc(N2CCCC2)cc1)c1ccccc1-c1ccc(Cn2cccn2)cc1. The zero-order chi connectivity index (χ0) is 22.5. The van der Waals surface area contributed by atoms with E-state index in [1.165, 1.54) is 24.1 Å². The van der Waals surface area contributed by atoms with Gasteiger partial charge in [0, 0.05) is 43.3 Å². The van der Waals surface area contributed by atoms with E-state index in [1.54, 1.807) is 6.20 Å². The second-order valence-corrected chi connectivity index (χ2v) is 8.49. The number of anilines is 1. The maximum atomic E-state index is 13.0.